The Morgan fingerprint density at radius 1 is 1.00 bits per heavy atom. The summed E-state index contributed by atoms with van der Waals surface area (Å²) in [6, 6.07) is 10.4. The standard InChI is InChI=1S/C24H19F2N5O4/c25-14-3-1-13(2-4-14)21-16(17-11-15(26)5-7-19(17)27-21)6-8-20-28-22(30-35-20)18-12-31(9-10-32)24(34)29-23(18)33/h1-5,7,11-12,27,32H,6,8-10H2,(H,29,33,34). The van der Waals surface area contributed by atoms with Gasteiger partial charge in [-0.05, 0) is 60.0 Å². The van der Waals surface area contributed by atoms with Gasteiger partial charge in [-0.3, -0.25) is 14.3 Å². The molecule has 0 spiro atoms. The number of nitrogens with one attached hydrogen (secondary N) is 2. The molecule has 0 atom stereocenters. The number of H-pyrrole nitrogens is 2. The van der Waals surface area contributed by atoms with Crippen LogP contribution in [0.2, 0.25) is 0 Å². The Hall–Kier alpha value is -4.38. The zero-order valence-electron chi connectivity index (χ0n) is 18.2. The average Bonchev–Trinajstić information content (AvgIpc) is 3.44. The predicted molar refractivity (Wildman–Crippen MR) is 123 cm³/mol. The van der Waals surface area contributed by atoms with Crippen molar-refractivity contribution in [3.8, 4) is 22.6 Å². The number of aliphatic hydroxyl groups is 1. The third kappa shape index (κ3) is 4.41. The summed E-state index contributed by atoms with van der Waals surface area (Å²) in [4.78, 5) is 33.8. The molecule has 5 aromatic rings. The quantitative estimate of drug-likeness (QED) is 0.329. The molecule has 0 saturated carbocycles. The van der Waals surface area contributed by atoms with E-state index >= 15 is 0 Å². The zero-order valence-corrected chi connectivity index (χ0v) is 18.2. The van der Waals surface area contributed by atoms with Crippen LogP contribution in [-0.2, 0) is 19.4 Å². The van der Waals surface area contributed by atoms with Crippen molar-refractivity contribution < 1.29 is 18.4 Å². The molecule has 0 bridgehead atoms. The third-order valence-electron chi connectivity index (χ3n) is 5.65. The molecule has 2 aromatic carbocycles. The van der Waals surface area contributed by atoms with Crippen LogP contribution < -0.4 is 11.2 Å². The van der Waals surface area contributed by atoms with Crippen LogP contribution >= 0.6 is 0 Å². The molecule has 5 rings (SSSR count). The van der Waals surface area contributed by atoms with E-state index in [1.807, 2.05) is 0 Å². The Bertz CT molecular complexity index is 1630. The molecule has 0 fully saturated rings. The number of rotatable bonds is 7. The fourth-order valence-corrected chi connectivity index (χ4v) is 3.98. The first kappa shape index (κ1) is 22.4. The predicted octanol–water partition coefficient (Wildman–Crippen LogP) is 2.79. The van der Waals surface area contributed by atoms with Gasteiger partial charge in [0.05, 0.1) is 13.2 Å². The van der Waals surface area contributed by atoms with Crippen molar-refractivity contribution in [2.45, 2.75) is 19.4 Å². The zero-order chi connectivity index (χ0) is 24.5. The molecule has 0 aliphatic rings. The van der Waals surface area contributed by atoms with E-state index in [2.05, 4.69) is 20.1 Å². The summed E-state index contributed by atoms with van der Waals surface area (Å²) in [5.41, 5.74) is 1.66. The fraction of sp³-hybridized carbons (Fsp3) is 0.167. The molecule has 0 amide bonds. The minimum absolute atomic E-state index is 0.00308. The number of fused-ring (bicyclic) bond motifs is 1. The fourth-order valence-electron chi connectivity index (χ4n) is 3.98. The molecule has 3 heterocycles. The summed E-state index contributed by atoms with van der Waals surface area (Å²) >= 11 is 0. The van der Waals surface area contributed by atoms with Gasteiger partial charge in [-0.25, -0.2) is 13.6 Å². The summed E-state index contributed by atoms with van der Waals surface area (Å²) in [6.45, 7) is -0.291. The van der Waals surface area contributed by atoms with Crippen LogP contribution in [0.15, 0.2) is 62.8 Å². The largest absolute Gasteiger partial charge is 0.395 e. The molecular weight excluding hydrogens is 460 g/mol. The van der Waals surface area contributed by atoms with Crippen molar-refractivity contribution in [3.63, 3.8) is 0 Å². The maximum Gasteiger partial charge on any atom is 0.328 e. The Morgan fingerprint density at radius 2 is 1.77 bits per heavy atom. The van der Waals surface area contributed by atoms with E-state index in [0.717, 1.165) is 26.9 Å². The van der Waals surface area contributed by atoms with E-state index in [9.17, 15) is 18.4 Å². The van der Waals surface area contributed by atoms with Gasteiger partial charge in [0, 0.05) is 29.2 Å². The Labute approximate surface area is 195 Å². The highest BCUT2D eigenvalue weighted by Gasteiger charge is 2.18. The van der Waals surface area contributed by atoms with Crippen LogP contribution in [0.4, 0.5) is 8.78 Å². The molecule has 0 saturated heterocycles. The van der Waals surface area contributed by atoms with Crippen LogP contribution in [0.5, 0.6) is 0 Å². The van der Waals surface area contributed by atoms with Crippen LogP contribution in [0, 0.1) is 11.6 Å². The SMILES string of the molecule is O=c1[nH]c(=O)n(CCO)cc1-c1noc(CCc2c(-c3ccc(F)cc3)[nH]c3ccc(F)cc23)n1. The monoisotopic (exact) mass is 479 g/mol. The summed E-state index contributed by atoms with van der Waals surface area (Å²) in [7, 11) is 0. The highest BCUT2D eigenvalue weighted by molar-refractivity contribution is 5.90. The molecule has 0 radical (unpaired) electrons. The van der Waals surface area contributed by atoms with Crippen LogP contribution in [-0.4, -0.2) is 36.4 Å². The second-order valence-electron chi connectivity index (χ2n) is 7.91. The first-order chi connectivity index (χ1) is 16.9. The van der Waals surface area contributed by atoms with Crippen LogP contribution in [0.1, 0.15) is 11.5 Å². The van der Waals surface area contributed by atoms with Gasteiger partial charge < -0.3 is 14.6 Å². The Kier molecular flexibility index (Phi) is 5.83. The van der Waals surface area contributed by atoms with Gasteiger partial charge in [0.25, 0.3) is 5.56 Å². The van der Waals surface area contributed by atoms with Gasteiger partial charge in [0.15, 0.2) is 0 Å². The molecule has 9 nitrogen and oxygen atoms in total. The lowest BCUT2D eigenvalue weighted by Gasteiger charge is -2.04. The van der Waals surface area contributed by atoms with Gasteiger partial charge in [0.2, 0.25) is 11.7 Å². The molecule has 3 N–H and O–H groups in total. The Balaban J connectivity index is 1.47. The maximum absolute atomic E-state index is 14.0. The number of aromatic nitrogens is 5. The molecule has 3 aromatic heterocycles. The van der Waals surface area contributed by atoms with Gasteiger partial charge in [-0.1, -0.05) is 5.16 Å². The van der Waals surface area contributed by atoms with E-state index in [-0.39, 0.29) is 48.5 Å². The van der Waals surface area contributed by atoms with Crippen LogP contribution in [0.25, 0.3) is 33.5 Å². The normalized spacial score (nSPS) is 11.4. The molecule has 0 aliphatic carbocycles. The van der Waals surface area contributed by atoms with Crippen LogP contribution in [0.3, 0.4) is 0 Å². The van der Waals surface area contributed by atoms with Gasteiger partial charge >= 0.3 is 5.69 Å². The van der Waals surface area contributed by atoms with Crippen molar-refractivity contribution in [1.29, 1.82) is 0 Å². The maximum atomic E-state index is 14.0. The second kappa shape index (κ2) is 9.11. The minimum atomic E-state index is -0.678. The number of aliphatic hydroxyl groups excluding tert-OH is 1. The van der Waals surface area contributed by atoms with Crippen molar-refractivity contribution in [3.05, 3.63) is 92.6 Å². The summed E-state index contributed by atoms with van der Waals surface area (Å²) in [5, 5.41) is 13.6. The van der Waals surface area contributed by atoms with E-state index in [4.69, 9.17) is 9.63 Å². The second-order valence-corrected chi connectivity index (χ2v) is 7.91. The van der Waals surface area contributed by atoms with Crippen molar-refractivity contribution in [2.24, 2.45) is 0 Å². The van der Waals surface area contributed by atoms with E-state index in [1.54, 1.807) is 18.2 Å². The van der Waals surface area contributed by atoms with Crippen molar-refractivity contribution >= 4 is 10.9 Å². The van der Waals surface area contributed by atoms with E-state index in [1.165, 1.54) is 30.5 Å². The van der Waals surface area contributed by atoms with Gasteiger partial charge in [0.1, 0.15) is 17.2 Å². The minimum Gasteiger partial charge on any atom is -0.395 e. The number of halogens is 2. The lowest BCUT2D eigenvalue weighted by molar-refractivity contribution is 0.273. The molecule has 178 valence electrons. The third-order valence-corrected chi connectivity index (χ3v) is 5.65. The molecule has 35 heavy (non-hydrogen) atoms. The lowest BCUT2D eigenvalue weighted by Crippen LogP contribution is -2.31. The molecule has 0 unspecified atom stereocenters. The average molecular weight is 479 g/mol. The number of nitrogens with zero attached hydrogens (tertiary/aromatic N) is 3. The summed E-state index contributed by atoms with van der Waals surface area (Å²) in [5.74, 6) is -0.524. The summed E-state index contributed by atoms with van der Waals surface area (Å²) < 4.78 is 33.9. The molecule has 11 heteroatoms. The lowest BCUT2D eigenvalue weighted by atomic mass is 10.0. The van der Waals surface area contributed by atoms with Crippen molar-refractivity contribution in [2.75, 3.05) is 6.61 Å². The smallest absolute Gasteiger partial charge is 0.328 e. The van der Waals surface area contributed by atoms with E-state index in [0.29, 0.717) is 11.8 Å². The first-order valence-corrected chi connectivity index (χ1v) is 10.8. The number of aryl methyl sites for hydroxylation is 2. The number of benzene rings is 2. The summed E-state index contributed by atoms with van der Waals surface area (Å²) in [6.07, 6.45) is 1.93. The Morgan fingerprint density at radius 3 is 2.54 bits per heavy atom. The molecular formula is C24H19F2N5O4. The number of hydrogen-bond acceptors (Lipinski definition) is 6. The van der Waals surface area contributed by atoms with E-state index < -0.39 is 11.2 Å². The molecule has 0 aliphatic heterocycles. The van der Waals surface area contributed by atoms with Crippen molar-refractivity contribution in [1.82, 2.24) is 24.7 Å². The first-order valence-electron chi connectivity index (χ1n) is 10.8. The number of hydrogen-bond donors (Lipinski definition) is 3. The highest BCUT2D eigenvalue weighted by Crippen LogP contribution is 2.32. The van der Waals surface area contributed by atoms with Gasteiger partial charge in [-0.2, -0.15) is 4.98 Å². The topological polar surface area (TPSA) is 130 Å². The number of aromatic amines is 2. The van der Waals surface area contributed by atoms with Gasteiger partial charge in [-0.15, -0.1) is 0 Å². The highest BCUT2D eigenvalue weighted by atomic mass is 19.1.